The van der Waals surface area contributed by atoms with Crippen molar-refractivity contribution in [2.24, 2.45) is 0 Å². The molecule has 0 aromatic carbocycles. The zero-order valence-corrected chi connectivity index (χ0v) is 14.1. The molecule has 2 N–H and O–H groups in total. The Morgan fingerprint density at radius 3 is 2.00 bits per heavy atom. The van der Waals surface area contributed by atoms with Crippen molar-refractivity contribution in [3.63, 3.8) is 0 Å². The van der Waals surface area contributed by atoms with Crippen LogP contribution >= 0.6 is 0 Å². The summed E-state index contributed by atoms with van der Waals surface area (Å²) in [5.41, 5.74) is 0. The highest BCUT2D eigenvalue weighted by Crippen LogP contribution is 2.10. The van der Waals surface area contributed by atoms with Crippen molar-refractivity contribution < 1.29 is 12.9 Å². The van der Waals surface area contributed by atoms with E-state index in [2.05, 4.69) is 16.4 Å². The number of hydrogen-bond donors (Lipinski definition) is 2. The van der Waals surface area contributed by atoms with Crippen LogP contribution in [0, 0.1) is 0 Å². The molecule has 4 nitrogen and oxygen atoms in total. The van der Waals surface area contributed by atoms with Crippen LogP contribution < -0.4 is 5.32 Å². The lowest BCUT2D eigenvalue weighted by molar-refractivity contribution is 0.269. The van der Waals surface area contributed by atoms with E-state index in [1.165, 1.54) is 64.2 Å². The molecular weight excluding hydrogens is 274 g/mol. The number of hydrogen-bond acceptors (Lipinski definition) is 3. The first kappa shape index (κ1) is 20.0. The van der Waals surface area contributed by atoms with Crippen LogP contribution in [0.25, 0.3) is 0 Å². The fraction of sp³-hybridized carbons (Fsp3) is 1.00. The van der Waals surface area contributed by atoms with Gasteiger partial charge in [0.15, 0.2) is 0 Å². The van der Waals surface area contributed by atoms with Crippen molar-refractivity contribution in [2.75, 3.05) is 13.2 Å². The summed E-state index contributed by atoms with van der Waals surface area (Å²) in [5.74, 6) is 0. The Morgan fingerprint density at radius 2 is 1.50 bits per heavy atom. The zero-order chi connectivity index (χ0) is 15.1. The van der Waals surface area contributed by atoms with E-state index in [9.17, 15) is 4.21 Å². The topological polar surface area (TPSA) is 58.6 Å². The first-order valence-electron chi connectivity index (χ1n) is 8.14. The maximum absolute atomic E-state index is 10.3. The highest BCUT2D eigenvalue weighted by molar-refractivity contribution is 7.74. The average molecular weight is 308 g/mol. The summed E-state index contributed by atoms with van der Waals surface area (Å²) < 4.78 is 23.4. The Balaban J connectivity index is 3.10. The van der Waals surface area contributed by atoms with E-state index in [1.54, 1.807) is 0 Å². The summed E-state index contributed by atoms with van der Waals surface area (Å²) in [7, 11) is 0. The van der Waals surface area contributed by atoms with Gasteiger partial charge in [0.1, 0.15) is 0 Å². The molecule has 5 heteroatoms. The van der Waals surface area contributed by atoms with E-state index in [0.29, 0.717) is 0 Å². The summed E-state index contributed by atoms with van der Waals surface area (Å²) in [4.78, 5) is 0. The zero-order valence-electron chi connectivity index (χ0n) is 13.2. The number of rotatable bonds is 15. The lowest BCUT2D eigenvalue weighted by Crippen LogP contribution is -2.31. The molecule has 0 aromatic heterocycles. The molecule has 0 aliphatic carbocycles. The molecule has 2 atom stereocenters. The monoisotopic (exact) mass is 307 g/mol. The van der Waals surface area contributed by atoms with Gasteiger partial charge < -0.3 is 5.32 Å². The average Bonchev–Trinajstić information content (AvgIpc) is 2.42. The first-order chi connectivity index (χ1) is 9.66. The number of unbranched alkanes of at least 4 members (excludes halogenated alkanes) is 9. The van der Waals surface area contributed by atoms with E-state index >= 15 is 0 Å². The van der Waals surface area contributed by atoms with Gasteiger partial charge in [-0.05, 0) is 19.9 Å². The number of nitrogens with one attached hydrogen (secondary N) is 1. The molecule has 0 aliphatic rings. The SMILES string of the molecule is CCCCCCCCCCCCNC(C)COS(=O)O. The predicted molar refractivity (Wildman–Crippen MR) is 86.0 cm³/mol. The molecule has 0 radical (unpaired) electrons. The Kier molecular flexibility index (Phi) is 15.4. The van der Waals surface area contributed by atoms with Crippen LogP contribution in [0.5, 0.6) is 0 Å². The molecule has 0 saturated heterocycles. The van der Waals surface area contributed by atoms with Gasteiger partial charge in [0, 0.05) is 6.04 Å². The fourth-order valence-electron chi connectivity index (χ4n) is 2.18. The highest BCUT2D eigenvalue weighted by atomic mass is 32.2. The standard InChI is InChI=1S/C15H33NO3S/c1-3-4-5-6-7-8-9-10-11-12-13-16-15(2)14-19-20(17)18/h15-16H,3-14H2,1-2H3,(H,17,18). The van der Waals surface area contributed by atoms with Gasteiger partial charge in [-0.3, -0.25) is 8.74 Å². The summed E-state index contributed by atoms with van der Waals surface area (Å²) in [5, 5.41) is 3.29. The Hall–Kier alpha value is 0.0300. The summed E-state index contributed by atoms with van der Waals surface area (Å²) in [6, 6.07) is 0.129. The van der Waals surface area contributed by atoms with Crippen LogP contribution in [0.15, 0.2) is 0 Å². The third kappa shape index (κ3) is 16.1. The molecule has 0 saturated carbocycles. The predicted octanol–water partition coefficient (Wildman–Crippen LogP) is 4.04. The van der Waals surface area contributed by atoms with Crippen LogP contribution in [0.4, 0.5) is 0 Å². The summed E-state index contributed by atoms with van der Waals surface area (Å²) in [6.07, 6.45) is 13.4. The van der Waals surface area contributed by atoms with Gasteiger partial charge in [-0.15, -0.1) is 0 Å². The Bertz CT molecular complexity index is 227. The van der Waals surface area contributed by atoms with Crippen molar-refractivity contribution in [1.82, 2.24) is 5.32 Å². The molecule has 0 fully saturated rings. The van der Waals surface area contributed by atoms with Crippen LogP contribution in [0.3, 0.4) is 0 Å². The van der Waals surface area contributed by atoms with Gasteiger partial charge in [-0.1, -0.05) is 64.7 Å². The van der Waals surface area contributed by atoms with Crippen molar-refractivity contribution in [2.45, 2.75) is 84.1 Å². The second kappa shape index (κ2) is 15.4. The lowest BCUT2D eigenvalue weighted by Gasteiger charge is -2.12. The maximum Gasteiger partial charge on any atom is 0.301 e. The molecule has 0 heterocycles. The van der Waals surface area contributed by atoms with Gasteiger partial charge in [0.2, 0.25) is 0 Å². The normalized spacial score (nSPS) is 14.3. The van der Waals surface area contributed by atoms with Gasteiger partial charge in [-0.25, -0.2) is 0 Å². The highest BCUT2D eigenvalue weighted by Gasteiger charge is 2.02. The van der Waals surface area contributed by atoms with E-state index in [4.69, 9.17) is 4.55 Å². The summed E-state index contributed by atoms with van der Waals surface area (Å²) in [6.45, 7) is 5.45. The molecule has 2 unspecified atom stereocenters. The van der Waals surface area contributed by atoms with Gasteiger partial charge in [-0.2, -0.15) is 4.21 Å². The van der Waals surface area contributed by atoms with E-state index in [-0.39, 0.29) is 12.6 Å². The van der Waals surface area contributed by atoms with Crippen LogP contribution in [-0.2, 0) is 15.5 Å². The fourth-order valence-corrected chi connectivity index (χ4v) is 2.50. The minimum Gasteiger partial charge on any atom is -0.312 e. The minimum atomic E-state index is -2.14. The van der Waals surface area contributed by atoms with Crippen molar-refractivity contribution in [3.8, 4) is 0 Å². The molecule has 0 amide bonds. The molecule has 0 bridgehead atoms. The largest absolute Gasteiger partial charge is 0.312 e. The van der Waals surface area contributed by atoms with Crippen LogP contribution in [0.1, 0.15) is 78.1 Å². The molecule has 0 spiro atoms. The third-order valence-corrected chi connectivity index (χ3v) is 3.78. The van der Waals surface area contributed by atoms with Gasteiger partial charge >= 0.3 is 11.4 Å². The van der Waals surface area contributed by atoms with Crippen molar-refractivity contribution >= 4 is 11.4 Å². The second-order valence-electron chi connectivity index (χ2n) is 5.54. The van der Waals surface area contributed by atoms with Gasteiger partial charge in [0.05, 0.1) is 6.61 Å². The minimum absolute atomic E-state index is 0.129. The molecule has 20 heavy (non-hydrogen) atoms. The quantitative estimate of drug-likeness (QED) is 0.354. The Labute approximate surface area is 127 Å². The molecular formula is C15H33NO3S. The van der Waals surface area contributed by atoms with Crippen LogP contribution in [-0.4, -0.2) is 28.0 Å². The molecule has 122 valence electrons. The second-order valence-corrected chi connectivity index (χ2v) is 6.21. The van der Waals surface area contributed by atoms with E-state index in [0.717, 1.165) is 6.54 Å². The van der Waals surface area contributed by atoms with E-state index < -0.39 is 11.4 Å². The maximum atomic E-state index is 10.3. The summed E-state index contributed by atoms with van der Waals surface area (Å²) >= 11 is -2.14. The van der Waals surface area contributed by atoms with Crippen LogP contribution in [0.2, 0.25) is 0 Å². The third-order valence-electron chi connectivity index (χ3n) is 3.44. The lowest BCUT2D eigenvalue weighted by atomic mass is 10.1. The van der Waals surface area contributed by atoms with Gasteiger partial charge in [0.25, 0.3) is 0 Å². The molecule has 0 aliphatic heterocycles. The Morgan fingerprint density at radius 1 is 1.00 bits per heavy atom. The van der Waals surface area contributed by atoms with Crippen molar-refractivity contribution in [3.05, 3.63) is 0 Å². The first-order valence-corrected chi connectivity index (χ1v) is 9.17. The van der Waals surface area contributed by atoms with Crippen molar-refractivity contribution in [1.29, 1.82) is 0 Å². The van der Waals surface area contributed by atoms with E-state index in [1.807, 2.05) is 6.92 Å². The molecule has 0 aromatic rings. The molecule has 0 rings (SSSR count). The smallest absolute Gasteiger partial charge is 0.301 e.